The summed E-state index contributed by atoms with van der Waals surface area (Å²) in [5.74, 6) is 1.37. The molecule has 2 saturated carbocycles. The van der Waals surface area contributed by atoms with E-state index in [0.717, 1.165) is 11.6 Å². The van der Waals surface area contributed by atoms with E-state index in [-0.39, 0.29) is 5.41 Å². The van der Waals surface area contributed by atoms with Gasteiger partial charge in [0.15, 0.2) is 0 Å². The van der Waals surface area contributed by atoms with Gasteiger partial charge in [-0.15, -0.1) is 0 Å². The molecule has 2 heteroatoms. The van der Waals surface area contributed by atoms with Crippen LogP contribution >= 0.6 is 0 Å². The molecule has 11 heavy (non-hydrogen) atoms. The first-order chi connectivity index (χ1) is 5.16. The van der Waals surface area contributed by atoms with Gasteiger partial charge in [-0.05, 0) is 25.2 Å². The van der Waals surface area contributed by atoms with Crippen LogP contribution in [-0.4, -0.2) is 10.9 Å². The lowest BCUT2D eigenvalue weighted by molar-refractivity contribution is 0.285. The second kappa shape index (κ2) is 1.99. The summed E-state index contributed by atoms with van der Waals surface area (Å²) in [6.07, 6.45) is 3.83. The third-order valence-electron chi connectivity index (χ3n) is 3.61. The first kappa shape index (κ1) is 7.14. The normalized spacial score (nSPS) is 43.6. The van der Waals surface area contributed by atoms with E-state index in [1.165, 1.54) is 19.3 Å². The fraction of sp³-hybridized carbons (Fsp3) is 0.889. The van der Waals surface area contributed by atoms with Crippen molar-refractivity contribution in [2.24, 2.45) is 22.4 Å². The fourth-order valence-corrected chi connectivity index (χ4v) is 2.83. The largest absolute Gasteiger partial charge is 0.411 e. The third kappa shape index (κ3) is 0.754. The highest BCUT2D eigenvalue weighted by Crippen LogP contribution is 2.53. The molecular weight excluding hydrogens is 138 g/mol. The van der Waals surface area contributed by atoms with Crippen LogP contribution in [0.2, 0.25) is 0 Å². The molecule has 0 unspecified atom stereocenters. The molecule has 2 bridgehead atoms. The average molecular weight is 153 g/mol. The highest BCUT2D eigenvalue weighted by Gasteiger charge is 2.50. The van der Waals surface area contributed by atoms with Gasteiger partial charge in [0.2, 0.25) is 0 Å². The summed E-state index contributed by atoms with van der Waals surface area (Å²) in [6, 6.07) is 0. The maximum absolute atomic E-state index is 8.81. The molecule has 2 fully saturated rings. The van der Waals surface area contributed by atoms with E-state index in [4.69, 9.17) is 5.21 Å². The summed E-state index contributed by atoms with van der Waals surface area (Å²) in [7, 11) is 0. The second-order valence-corrected chi connectivity index (χ2v) is 4.41. The molecule has 0 amide bonds. The Morgan fingerprint density at radius 3 is 2.55 bits per heavy atom. The minimum atomic E-state index is 0.178. The van der Waals surface area contributed by atoms with Crippen LogP contribution in [0.1, 0.15) is 33.1 Å². The first-order valence-electron chi connectivity index (χ1n) is 4.38. The van der Waals surface area contributed by atoms with Gasteiger partial charge in [0, 0.05) is 11.3 Å². The van der Waals surface area contributed by atoms with Gasteiger partial charge in [0.1, 0.15) is 0 Å². The van der Waals surface area contributed by atoms with Crippen molar-refractivity contribution in [3.05, 3.63) is 0 Å². The Kier molecular flexibility index (Phi) is 1.29. The molecule has 0 aromatic heterocycles. The Morgan fingerprint density at radius 2 is 2.18 bits per heavy atom. The molecule has 1 N–H and O–H groups in total. The van der Waals surface area contributed by atoms with Crippen LogP contribution in [-0.2, 0) is 0 Å². The molecule has 2 rings (SSSR count). The zero-order valence-corrected chi connectivity index (χ0v) is 7.17. The Morgan fingerprint density at radius 1 is 1.45 bits per heavy atom. The molecule has 2 aliphatic carbocycles. The van der Waals surface area contributed by atoms with Gasteiger partial charge < -0.3 is 5.21 Å². The van der Waals surface area contributed by atoms with E-state index < -0.39 is 0 Å². The minimum Gasteiger partial charge on any atom is -0.411 e. The first-order valence-corrected chi connectivity index (χ1v) is 4.38. The van der Waals surface area contributed by atoms with Gasteiger partial charge in [-0.2, -0.15) is 0 Å². The van der Waals surface area contributed by atoms with Crippen molar-refractivity contribution in [3.63, 3.8) is 0 Å². The average Bonchev–Trinajstić information content (AvgIpc) is 2.44. The lowest BCUT2D eigenvalue weighted by Crippen LogP contribution is -2.30. The predicted octanol–water partition coefficient (Wildman–Crippen LogP) is 2.27. The highest BCUT2D eigenvalue weighted by molar-refractivity contribution is 5.94. The third-order valence-corrected chi connectivity index (χ3v) is 3.61. The Hall–Kier alpha value is -0.530. The molecule has 0 aliphatic heterocycles. The maximum Gasteiger partial charge on any atom is 0.0660 e. The lowest BCUT2D eigenvalue weighted by atomic mass is 9.75. The van der Waals surface area contributed by atoms with Crippen LogP contribution in [0.25, 0.3) is 0 Å². The standard InChI is InChI=1S/C9H15NO/c1-9(2)7-4-3-6(5-7)8(9)10-11/h6-7,11H,3-5H2,1-2H3/b10-8-/t6-,7+/m1/s1. The fourth-order valence-electron chi connectivity index (χ4n) is 2.83. The van der Waals surface area contributed by atoms with Crippen molar-refractivity contribution in [3.8, 4) is 0 Å². The molecule has 2 nitrogen and oxygen atoms in total. The van der Waals surface area contributed by atoms with E-state index in [0.29, 0.717) is 5.92 Å². The number of nitrogens with zero attached hydrogens (tertiary/aromatic N) is 1. The quantitative estimate of drug-likeness (QED) is 0.420. The van der Waals surface area contributed by atoms with Crippen molar-refractivity contribution in [2.45, 2.75) is 33.1 Å². The van der Waals surface area contributed by atoms with Crippen LogP contribution in [0.3, 0.4) is 0 Å². The second-order valence-electron chi connectivity index (χ2n) is 4.41. The smallest absolute Gasteiger partial charge is 0.0660 e. The summed E-state index contributed by atoms with van der Waals surface area (Å²) in [5.41, 5.74) is 1.23. The molecular formula is C9H15NO. The summed E-state index contributed by atoms with van der Waals surface area (Å²) in [4.78, 5) is 0. The summed E-state index contributed by atoms with van der Waals surface area (Å²) in [6.45, 7) is 4.40. The molecule has 0 aromatic rings. The van der Waals surface area contributed by atoms with E-state index in [2.05, 4.69) is 19.0 Å². The molecule has 0 aromatic carbocycles. The molecule has 2 aliphatic rings. The van der Waals surface area contributed by atoms with Gasteiger partial charge in [-0.3, -0.25) is 0 Å². The molecule has 2 atom stereocenters. The van der Waals surface area contributed by atoms with Crippen molar-refractivity contribution >= 4 is 5.71 Å². The molecule has 0 saturated heterocycles. The summed E-state index contributed by atoms with van der Waals surface area (Å²) in [5, 5.41) is 12.3. The van der Waals surface area contributed by atoms with Gasteiger partial charge in [-0.25, -0.2) is 0 Å². The molecule has 0 radical (unpaired) electrons. The lowest BCUT2D eigenvalue weighted by Gasteiger charge is -2.29. The van der Waals surface area contributed by atoms with Crippen molar-refractivity contribution in [2.75, 3.05) is 0 Å². The molecule has 0 heterocycles. The maximum atomic E-state index is 8.81. The van der Waals surface area contributed by atoms with Crippen LogP contribution in [0.4, 0.5) is 0 Å². The molecule has 62 valence electrons. The van der Waals surface area contributed by atoms with Gasteiger partial charge in [0.25, 0.3) is 0 Å². The summed E-state index contributed by atoms with van der Waals surface area (Å²) >= 11 is 0. The monoisotopic (exact) mass is 153 g/mol. The van der Waals surface area contributed by atoms with E-state index >= 15 is 0 Å². The highest BCUT2D eigenvalue weighted by atomic mass is 16.4. The zero-order chi connectivity index (χ0) is 8.06. The van der Waals surface area contributed by atoms with Crippen molar-refractivity contribution in [1.29, 1.82) is 0 Å². The number of hydrogen-bond donors (Lipinski definition) is 1. The topological polar surface area (TPSA) is 32.6 Å². The van der Waals surface area contributed by atoms with Crippen molar-refractivity contribution in [1.82, 2.24) is 0 Å². The van der Waals surface area contributed by atoms with Gasteiger partial charge in [0.05, 0.1) is 5.71 Å². The minimum absolute atomic E-state index is 0.178. The number of oxime groups is 1. The zero-order valence-electron chi connectivity index (χ0n) is 7.17. The number of fused-ring (bicyclic) bond motifs is 2. The Labute approximate surface area is 67.3 Å². The van der Waals surface area contributed by atoms with Crippen LogP contribution in [0.15, 0.2) is 5.16 Å². The van der Waals surface area contributed by atoms with E-state index in [1.54, 1.807) is 0 Å². The van der Waals surface area contributed by atoms with E-state index in [1.807, 2.05) is 0 Å². The van der Waals surface area contributed by atoms with Gasteiger partial charge in [-0.1, -0.05) is 19.0 Å². The Bertz CT molecular complexity index is 208. The van der Waals surface area contributed by atoms with Crippen LogP contribution in [0.5, 0.6) is 0 Å². The van der Waals surface area contributed by atoms with Crippen molar-refractivity contribution < 1.29 is 5.21 Å². The Balaban J connectivity index is 2.36. The van der Waals surface area contributed by atoms with E-state index in [9.17, 15) is 0 Å². The SMILES string of the molecule is CC1(C)/C(=N\O)[C@@H]2CC[C@H]1C2. The van der Waals surface area contributed by atoms with Gasteiger partial charge >= 0.3 is 0 Å². The number of hydrogen-bond acceptors (Lipinski definition) is 2. The number of rotatable bonds is 0. The predicted molar refractivity (Wildman–Crippen MR) is 43.8 cm³/mol. The van der Waals surface area contributed by atoms with Crippen LogP contribution in [0, 0.1) is 17.3 Å². The van der Waals surface area contributed by atoms with Crippen LogP contribution < -0.4 is 0 Å². The molecule has 0 spiro atoms. The summed E-state index contributed by atoms with van der Waals surface area (Å²) < 4.78 is 0.